The SMILES string of the molecule is Cc1ccc(-c2nnc3n2CCCCC3)cc1NC(=O)C1CCCN(C(=O)c2ccc(F)cc2)C1. The van der Waals surface area contributed by atoms with Gasteiger partial charge in [0, 0.05) is 42.9 Å². The molecule has 182 valence electrons. The zero-order chi connectivity index (χ0) is 24.4. The fraction of sp³-hybridized carbons (Fsp3) is 0.407. The Morgan fingerprint density at radius 3 is 2.66 bits per heavy atom. The lowest BCUT2D eigenvalue weighted by molar-refractivity contribution is -0.121. The highest BCUT2D eigenvalue weighted by atomic mass is 19.1. The quantitative estimate of drug-likeness (QED) is 0.598. The number of halogens is 1. The summed E-state index contributed by atoms with van der Waals surface area (Å²) in [5.41, 5.74) is 3.08. The average molecular weight is 476 g/mol. The summed E-state index contributed by atoms with van der Waals surface area (Å²) in [6.45, 7) is 3.81. The molecule has 3 aromatic rings. The Kier molecular flexibility index (Phi) is 6.61. The number of aryl methyl sites for hydroxylation is 2. The van der Waals surface area contributed by atoms with Crippen LogP contribution in [0.15, 0.2) is 42.5 Å². The molecule has 2 aromatic carbocycles. The lowest BCUT2D eigenvalue weighted by Gasteiger charge is -2.32. The van der Waals surface area contributed by atoms with E-state index in [0.717, 1.165) is 67.1 Å². The highest BCUT2D eigenvalue weighted by Gasteiger charge is 2.29. The topological polar surface area (TPSA) is 80.1 Å². The van der Waals surface area contributed by atoms with Crippen molar-refractivity contribution >= 4 is 17.5 Å². The number of hydrogen-bond donors (Lipinski definition) is 1. The number of fused-ring (bicyclic) bond motifs is 1. The summed E-state index contributed by atoms with van der Waals surface area (Å²) in [5, 5.41) is 11.9. The Morgan fingerprint density at radius 1 is 1.00 bits per heavy atom. The highest BCUT2D eigenvalue weighted by molar-refractivity contribution is 5.96. The summed E-state index contributed by atoms with van der Waals surface area (Å²) >= 11 is 0. The van der Waals surface area contributed by atoms with Gasteiger partial charge in [0.05, 0.1) is 5.92 Å². The zero-order valence-electron chi connectivity index (χ0n) is 20.0. The number of piperidine rings is 1. The maximum Gasteiger partial charge on any atom is 0.253 e. The second-order valence-corrected chi connectivity index (χ2v) is 9.52. The summed E-state index contributed by atoms with van der Waals surface area (Å²) in [5.74, 6) is 0.913. The van der Waals surface area contributed by atoms with Gasteiger partial charge in [-0.15, -0.1) is 10.2 Å². The summed E-state index contributed by atoms with van der Waals surface area (Å²) in [6.07, 6.45) is 5.85. The van der Waals surface area contributed by atoms with Gasteiger partial charge in [0.15, 0.2) is 5.82 Å². The number of nitrogens with zero attached hydrogens (tertiary/aromatic N) is 4. The standard InChI is InChI=1S/C27H30FN5O2/c1-18-8-9-20(25-31-30-24-7-3-2-4-15-33(24)25)16-23(18)29-26(34)21-6-5-14-32(17-21)27(35)19-10-12-22(28)13-11-19/h8-13,16,21H,2-7,14-15,17H2,1H3,(H,29,34). The molecule has 5 rings (SSSR count). The van der Waals surface area contributed by atoms with Crippen LogP contribution >= 0.6 is 0 Å². The van der Waals surface area contributed by atoms with Gasteiger partial charge in [0.1, 0.15) is 11.6 Å². The first-order valence-corrected chi connectivity index (χ1v) is 12.4. The van der Waals surface area contributed by atoms with Crippen LogP contribution in [0.5, 0.6) is 0 Å². The number of rotatable bonds is 4. The number of hydrogen-bond acceptors (Lipinski definition) is 4. The molecule has 1 N–H and O–H groups in total. The number of carbonyl (C=O) groups is 2. The Balaban J connectivity index is 1.30. The molecular formula is C27H30FN5O2. The predicted octanol–water partition coefficient (Wildman–Crippen LogP) is 4.61. The van der Waals surface area contributed by atoms with E-state index in [4.69, 9.17) is 0 Å². The third-order valence-electron chi connectivity index (χ3n) is 7.03. The molecule has 1 unspecified atom stereocenters. The van der Waals surface area contributed by atoms with Crippen LogP contribution in [-0.2, 0) is 17.8 Å². The molecular weight excluding hydrogens is 445 g/mol. The Morgan fingerprint density at radius 2 is 1.83 bits per heavy atom. The van der Waals surface area contributed by atoms with Gasteiger partial charge < -0.3 is 14.8 Å². The van der Waals surface area contributed by atoms with E-state index < -0.39 is 0 Å². The van der Waals surface area contributed by atoms with Gasteiger partial charge in [-0.3, -0.25) is 9.59 Å². The molecule has 1 atom stereocenters. The second-order valence-electron chi connectivity index (χ2n) is 9.52. The molecule has 1 aromatic heterocycles. The van der Waals surface area contributed by atoms with Crippen LogP contribution < -0.4 is 5.32 Å². The van der Waals surface area contributed by atoms with Crippen LogP contribution in [-0.4, -0.2) is 44.6 Å². The molecule has 0 spiro atoms. The van der Waals surface area contributed by atoms with Gasteiger partial charge in [0.2, 0.25) is 5.91 Å². The maximum atomic E-state index is 13.2. The third kappa shape index (κ3) is 4.97. The minimum absolute atomic E-state index is 0.0954. The number of likely N-dealkylation sites (tertiary alicyclic amines) is 1. The molecule has 2 amide bonds. The number of nitrogens with one attached hydrogen (secondary N) is 1. The molecule has 2 aliphatic heterocycles. The van der Waals surface area contributed by atoms with E-state index in [0.29, 0.717) is 18.7 Å². The van der Waals surface area contributed by atoms with Crippen LogP contribution in [0.3, 0.4) is 0 Å². The minimum Gasteiger partial charge on any atom is -0.338 e. The van der Waals surface area contributed by atoms with Crippen molar-refractivity contribution in [3.63, 3.8) is 0 Å². The smallest absolute Gasteiger partial charge is 0.253 e. The molecule has 8 heteroatoms. The van der Waals surface area contributed by atoms with Crippen LogP contribution in [0.1, 0.15) is 53.8 Å². The van der Waals surface area contributed by atoms with E-state index in [1.165, 1.54) is 30.7 Å². The van der Waals surface area contributed by atoms with E-state index in [1.54, 1.807) is 4.90 Å². The van der Waals surface area contributed by atoms with E-state index in [2.05, 4.69) is 20.1 Å². The molecule has 1 saturated heterocycles. The lowest BCUT2D eigenvalue weighted by atomic mass is 9.96. The molecule has 0 radical (unpaired) electrons. The van der Waals surface area contributed by atoms with Crippen LogP contribution in [0.25, 0.3) is 11.4 Å². The lowest BCUT2D eigenvalue weighted by Crippen LogP contribution is -2.43. The normalized spacial score (nSPS) is 18.0. The number of carbonyl (C=O) groups excluding carboxylic acids is 2. The van der Waals surface area contributed by atoms with E-state index in [1.807, 2.05) is 25.1 Å². The average Bonchev–Trinajstić information content (AvgIpc) is 3.13. The van der Waals surface area contributed by atoms with Gasteiger partial charge in [-0.25, -0.2) is 4.39 Å². The molecule has 7 nitrogen and oxygen atoms in total. The predicted molar refractivity (Wildman–Crippen MR) is 131 cm³/mol. The van der Waals surface area contributed by atoms with Crippen molar-refractivity contribution in [2.75, 3.05) is 18.4 Å². The summed E-state index contributed by atoms with van der Waals surface area (Å²) in [7, 11) is 0. The second kappa shape index (κ2) is 9.98. The van der Waals surface area contributed by atoms with Crippen molar-refractivity contribution in [1.82, 2.24) is 19.7 Å². The Labute approximate surface area is 204 Å². The molecule has 0 aliphatic carbocycles. The number of benzene rings is 2. The number of aromatic nitrogens is 3. The van der Waals surface area contributed by atoms with Crippen molar-refractivity contribution in [2.24, 2.45) is 5.92 Å². The summed E-state index contributed by atoms with van der Waals surface area (Å²) in [6, 6.07) is 11.5. The minimum atomic E-state index is -0.378. The summed E-state index contributed by atoms with van der Waals surface area (Å²) < 4.78 is 15.4. The van der Waals surface area contributed by atoms with Gasteiger partial charge in [-0.2, -0.15) is 0 Å². The van der Waals surface area contributed by atoms with Crippen molar-refractivity contribution in [3.8, 4) is 11.4 Å². The third-order valence-corrected chi connectivity index (χ3v) is 7.03. The van der Waals surface area contributed by atoms with Gasteiger partial charge in [-0.1, -0.05) is 18.6 Å². The Bertz CT molecular complexity index is 1240. The van der Waals surface area contributed by atoms with Crippen molar-refractivity contribution in [2.45, 2.75) is 52.0 Å². The molecule has 3 heterocycles. The number of amides is 2. The Hall–Kier alpha value is -3.55. The first-order chi connectivity index (χ1) is 17.0. The maximum absolute atomic E-state index is 13.2. The van der Waals surface area contributed by atoms with Crippen molar-refractivity contribution in [3.05, 3.63) is 65.2 Å². The molecule has 0 saturated carbocycles. The molecule has 0 bridgehead atoms. The van der Waals surface area contributed by atoms with Crippen LogP contribution in [0.4, 0.5) is 10.1 Å². The largest absolute Gasteiger partial charge is 0.338 e. The fourth-order valence-corrected chi connectivity index (χ4v) is 4.98. The van der Waals surface area contributed by atoms with Crippen molar-refractivity contribution in [1.29, 1.82) is 0 Å². The van der Waals surface area contributed by atoms with Gasteiger partial charge in [-0.05, 0) is 68.5 Å². The summed E-state index contributed by atoms with van der Waals surface area (Å²) in [4.78, 5) is 27.8. The molecule has 2 aliphatic rings. The molecule has 35 heavy (non-hydrogen) atoms. The first-order valence-electron chi connectivity index (χ1n) is 12.4. The van der Waals surface area contributed by atoms with E-state index >= 15 is 0 Å². The number of anilines is 1. The van der Waals surface area contributed by atoms with Crippen LogP contribution in [0.2, 0.25) is 0 Å². The molecule has 1 fully saturated rings. The zero-order valence-corrected chi connectivity index (χ0v) is 20.0. The first kappa shape index (κ1) is 23.2. The fourth-order valence-electron chi connectivity index (χ4n) is 4.98. The van der Waals surface area contributed by atoms with Crippen LogP contribution in [0, 0.1) is 18.7 Å². The van der Waals surface area contributed by atoms with Gasteiger partial charge >= 0.3 is 0 Å². The van der Waals surface area contributed by atoms with Crippen molar-refractivity contribution < 1.29 is 14.0 Å². The highest BCUT2D eigenvalue weighted by Crippen LogP contribution is 2.28. The monoisotopic (exact) mass is 475 g/mol. The van der Waals surface area contributed by atoms with Gasteiger partial charge in [0.25, 0.3) is 5.91 Å². The van der Waals surface area contributed by atoms with E-state index in [-0.39, 0.29) is 23.5 Å². The van der Waals surface area contributed by atoms with E-state index in [9.17, 15) is 14.0 Å².